The average molecular weight is 300 g/mol. The quantitative estimate of drug-likeness (QED) is 0.536. The molecule has 96 valence electrons. The van der Waals surface area contributed by atoms with Crippen LogP contribution in [-0.4, -0.2) is 51.5 Å². The van der Waals surface area contributed by atoms with Gasteiger partial charge in [0.15, 0.2) is 0 Å². The van der Waals surface area contributed by atoms with Crippen LogP contribution in [0.2, 0.25) is 6.04 Å². The van der Waals surface area contributed by atoms with Crippen LogP contribution < -0.4 is 5.32 Å². The predicted octanol–water partition coefficient (Wildman–Crippen LogP) is -2.38. The monoisotopic (exact) mass is 299 g/mol. The van der Waals surface area contributed by atoms with Crippen LogP contribution in [0.25, 0.3) is 0 Å². The molecule has 0 aliphatic carbocycles. The molecule has 10 heteroatoms. The molecule has 0 rings (SSSR count). The zero-order valence-corrected chi connectivity index (χ0v) is 17.3. The molecule has 6 nitrogen and oxygen atoms in total. The summed E-state index contributed by atoms with van der Waals surface area (Å²) in [5.41, 5.74) is 0. The molecule has 0 spiro atoms. The highest BCUT2D eigenvalue weighted by Crippen LogP contribution is 2.12. The number of nitrogens with one attached hydrogen (secondary N) is 1. The van der Waals surface area contributed by atoms with Crippen molar-refractivity contribution in [1.82, 2.24) is 5.32 Å². The Bertz CT molecular complexity index is 193. The molecule has 0 saturated carbocycles. The van der Waals surface area contributed by atoms with Crippen LogP contribution in [-0.2, 0) is 12.3 Å². The van der Waals surface area contributed by atoms with E-state index in [0.29, 0.717) is 0 Å². The third-order valence-corrected chi connectivity index (χ3v) is 10.3. The Morgan fingerprint density at radius 1 is 1.44 bits per heavy atom. The first-order valence-corrected chi connectivity index (χ1v) is 9.15. The number of carboxylic acid groups (broad SMARTS) is 1. The van der Waals surface area contributed by atoms with Gasteiger partial charge in [0.25, 0.3) is 0 Å². The van der Waals surface area contributed by atoms with Gasteiger partial charge in [0.05, 0.1) is 0 Å². The lowest BCUT2D eigenvalue weighted by Crippen LogP contribution is -2.43. The largest absolute Gasteiger partial charge is 0.467 e. The van der Waals surface area contributed by atoms with Crippen LogP contribution in [0.3, 0.4) is 0 Å². The molecule has 0 aliphatic heterocycles. The van der Waals surface area contributed by atoms with Gasteiger partial charge in [-0.2, -0.15) is 0 Å². The lowest BCUT2D eigenvalue weighted by molar-refractivity contribution is 0.198. The first-order chi connectivity index (χ1) is 7.51. The summed E-state index contributed by atoms with van der Waals surface area (Å²) in [5, 5.41) is 9.62. The van der Waals surface area contributed by atoms with E-state index in [4.69, 9.17) is 17.5 Å². The molecule has 0 saturated heterocycles. The molecule has 1 amide bonds. The molecular formula is C6H21NO5Si4. The Labute approximate surface area is 106 Å². The highest BCUT2D eigenvalue weighted by Gasteiger charge is 2.33. The normalized spacial score (nSPS) is 13.6. The van der Waals surface area contributed by atoms with Crippen molar-refractivity contribution >= 4 is 46.4 Å². The third-order valence-electron chi connectivity index (χ3n) is 1.71. The van der Waals surface area contributed by atoms with Crippen molar-refractivity contribution < 1.29 is 22.2 Å². The van der Waals surface area contributed by atoms with E-state index in [2.05, 4.69) is 13.5 Å². The van der Waals surface area contributed by atoms with Gasteiger partial charge in [0, 0.05) is 6.04 Å². The maximum absolute atomic E-state index is 9.42. The third kappa shape index (κ3) is 9.02. The maximum Gasteiger partial charge on any atom is 0.467 e. The average Bonchev–Trinajstić information content (AvgIpc) is 2.27. The van der Waals surface area contributed by atoms with Crippen molar-refractivity contribution in [1.29, 1.82) is 0 Å². The second-order valence-electron chi connectivity index (χ2n) is 2.70. The fourth-order valence-electron chi connectivity index (χ4n) is 0.950. The molecule has 0 atom stereocenters. The van der Waals surface area contributed by atoms with Crippen molar-refractivity contribution in [3.05, 3.63) is 12.8 Å². The summed E-state index contributed by atoms with van der Waals surface area (Å²) < 4.78 is 16.1. The first kappa shape index (κ1) is 18.1. The minimum Gasteiger partial charge on any atom is -0.465 e. The van der Waals surface area contributed by atoms with Crippen LogP contribution in [0.15, 0.2) is 12.8 Å². The van der Waals surface area contributed by atoms with E-state index in [1.807, 2.05) is 5.32 Å². The van der Waals surface area contributed by atoms with Gasteiger partial charge in [-0.15, -0.1) is 0 Å². The van der Waals surface area contributed by atoms with Crippen molar-refractivity contribution in [3.63, 3.8) is 0 Å². The van der Waals surface area contributed by atoms with Crippen molar-refractivity contribution in [2.75, 3.05) is 0 Å². The summed E-state index contributed by atoms with van der Waals surface area (Å²) in [6.07, 6.45) is 1.12. The van der Waals surface area contributed by atoms with Crippen LogP contribution >= 0.6 is 0 Å². The molecule has 0 aromatic heterocycles. The van der Waals surface area contributed by atoms with Gasteiger partial charge in [-0.3, -0.25) is 5.32 Å². The summed E-state index contributed by atoms with van der Waals surface area (Å²) in [6.45, 7) is 5.24. The number of amides is 1. The lowest BCUT2D eigenvalue weighted by Gasteiger charge is -2.25. The summed E-state index contributed by atoms with van der Waals surface area (Å²) in [4.78, 5) is 9.42. The molecule has 0 fully saturated rings. The molecule has 0 heterocycles. The fourth-order valence-corrected chi connectivity index (χ4v) is 10.5. The van der Waals surface area contributed by atoms with Crippen LogP contribution in [0, 0.1) is 0 Å². The van der Waals surface area contributed by atoms with E-state index >= 15 is 0 Å². The Balaban J connectivity index is 0. The van der Waals surface area contributed by atoms with Gasteiger partial charge in [-0.1, -0.05) is 19.9 Å². The highest BCUT2D eigenvalue weighted by atomic mass is 28.5. The van der Waals surface area contributed by atoms with Gasteiger partial charge in [0.1, 0.15) is 31.5 Å². The Hall–Kier alpha value is -0.242. The van der Waals surface area contributed by atoms with Crippen LogP contribution in [0.4, 0.5) is 4.79 Å². The van der Waals surface area contributed by atoms with E-state index in [1.165, 1.54) is 0 Å². The summed E-state index contributed by atoms with van der Waals surface area (Å²) in [5.74, 6) is 0. The van der Waals surface area contributed by atoms with E-state index in [0.717, 1.165) is 50.1 Å². The topological polar surface area (TPSA) is 77.0 Å². The molecule has 0 aromatic rings. The number of rotatable bonds is 6. The number of carbonyl (C=O) groups is 1. The molecular weight excluding hydrogens is 278 g/mol. The second-order valence-corrected chi connectivity index (χ2v) is 9.46. The fraction of sp³-hybridized carbons (Fsp3) is 0.500. The van der Waals surface area contributed by atoms with E-state index < -0.39 is 14.9 Å². The molecule has 2 N–H and O–H groups in total. The van der Waals surface area contributed by atoms with Gasteiger partial charge < -0.3 is 17.5 Å². The maximum atomic E-state index is 9.42. The summed E-state index contributed by atoms with van der Waals surface area (Å²) >= 11 is 0. The Morgan fingerprint density at radius 2 is 1.88 bits per heavy atom. The Morgan fingerprint density at radius 3 is 1.94 bits per heavy atom. The molecule has 0 aliphatic rings. The summed E-state index contributed by atoms with van der Waals surface area (Å²) in [6, 6.07) is 0.990. The SMILES string of the molecule is C=CNC(=O)O.CCC[Si](O[SiH3])(O[SiH3])O[SiH3]. The van der Waals surface area contributed by atoms with E-state index in [1.54, 1.807) is 0 Å². The minimum absolute atomic E-state index is 0.736. The van der Waals surface area contributed by atoms with E-state index in [-0.39, 0.29) is 0 Å². The molecule has 16 heavy (non-hydrogen) atoms. The zero-order valence-electron chi connectivity index (χ0n) is 10.3. The van der Waals surface area contributed by atoms with Crippen LogP contribution in [0.5, 0.6) is 0 Å². The molecule has 0 aromatic carbocycles. The highest BCUT2D eigenvalue weighted by molar-refractivity contribution is 6.69. The minimum atomic E-state index is -2.03. The van der Waals surface area contributed by atoms with Gasteiger partial charge in [0.2, 0.25) is 0 Å². The summed E-state index contributed by atoms with van der Waals surface area (Å²) in [7, 11) is 0.175. The number of hydrogen-bond acceptors (Lipinski definition) is 4. The van der Waals surface area contributed by atoms with E-state index in [9.17, 15) is 4.79 Å². The lowest BCUT2D eigenvalue weighted by atomic mass is 10.6. The molecule has 0 radical (unpaired) electrons. The van der Waals surface area contributed by atoms with Gasteiger partial charge in [-0.25, -0.2) is 4.79 Å². The van der Waals surface area contributed by atoms with Crippen molar-refractivity contribution in [3.8, 4) is 0 Å². The second kappa shape index (κ2) is 11.2. The van der Waals surface area contributed by atoms with Crippen molar-refractivity contribution in [2.45, 2.75) is 19.4 Å². The van der Waals surface area contributed by atoms with Gasteiger partial charge in [-0.05, 0) is 6.20 Å². The van der Waals surface area contributed by atoms with Crippen molar-refractivity contribution in [2.24, 2.45) is 0 Å². The molecule has 0 unspecified atom stereocenters. The standard InChI is InChI=1S/C3H5NO2.C3H16O3Si4/c1-2-4-3(5)6;1-2-3-10(4-7,5-8)6-9/h2,4H,1H2,(H,5,6);2-3H2,1,7-9H3. The Kier molecular flexibility index (Phi) is 12.7. The van der Waals surface area contributed by atoms with Gasteiger partial charge >= 0.3 is 14.9 Å². The number of hydrogen-bond donors (Lipinski definition) is 2. The zero-order chi connectivity index (χ0) is 13.0. The molecule has 0 bridgehead atoms. The van der Waals surface area contributed by atoms with Crippen LogP contribution in [0.1, 0.15) is 13.3 Å². The first-order valence-electron chi connectivity index (χ1n) is 4.77. The predicted molar refractivity (Wildman–Crippen MR) is 75.3 cm³/mol. The smallest absolute Gasteiger partial charge is 0.465 e.